The molecule has 0 unspecified atom stereocenters. The molecule has 11 nitrogen and oxygen atoms in total. The molecule has 4 N–H and O–H groups in total. The van der Waals surface area contributed by atoms with Gasteiger partial charge in [0.1, 0.15) is 17.1 Å². The third kappa shape index (κ3) is 6.00. The number of hydrogen-bond donors (Lipinski definition) is 4. The first kappa shape index (κ1) is 28.8. The Hall–Kier alpha value is -3.73. The predicted octanol–water partition coefficient (Wildman–Crippen LogP) is 5.82. The standard InChI is InChI=1S/C13H8Cl2N6.C12H8BrCl2N5/c14-8-2-1-3-9(15)7(8)5-21-6-18-12(17)11-13(21)20-10(4-16)19-11;13-12-18-9-10(16)17-5-20(11(9)19-12)4-6-7(14)2-1-3-8(6)15/h1-3,6,17H,5H2,(H,19,20);1-3,5,16H,4H2,(H,18,19). The van der Waals surface area contributed by atoms with Crippen molar-refractivity contribution < 1.29 is 0 Å². The van der Waals surface area contributed by atoms with E-state index >= 15 is 0 Å². The highest BCUT2D eigenvalue weighted by molar-refractivity contribution is 9.10. The van der Waals surface area contributed by atoms with Crippen LogP contribution in [-0.2, 0) is 13.1 Å². The van der Waals surface area contributed by atoms with E-state index in [1.54, 1.807) is 51.9 Å². The number of hydrogen-bond acceptors (Lipinski definition) is 7. The second-order valence-electron chi connectivity index (χ2n) is 8.46. The molecule has 0 aliphatic heterocycles. The monoisotopic (exact) mass is 689 g/mol. The number of H-pyrrole nitrogens is 2. The number of fused-ring (bicyclic) bond motifs is 2. The van der Waals surface area contributed by atoms with Gasteiger partial charge in [0, 0.05) is 31.2 Å². The van der Waals surface area contributed by atoms with Crippen LogP contribution in [0.3, 0.4) is 0 Å². The fraction of sp³-hybridized carbons (Fsp3) is 0.0800. The largest absolute Gasteiger partial charge is 0.328 e. The molecule has 41 heavy (non-hydrogen) atoms. The van der Waals surface area contributed by atoms with E-state index in [9.17, 15) is 0 Å². The van der Waals surface area contributed by atoms with Gasteiger partial charge >= 0.3 is 0 Å². The van der Waals surface area contributed by atoms with Crippen molar-refractivity contribution in [3.63, 3.8) is 0 Å². The molecule has 0 spiro atoms. The minimum Gasteiger partial charge on any atom is -0.328 e. The first-order valence-corrected chi connectivity index (χ1v) is 13.9. The van der Waals surface area contributed by atoms with Crippen LogP contribution in [0.2, 0.25) is 20.1 Å². The smallest absolute Gasteiger partial charge is 0.212 e. The molecule has 0 bridgehead atoms. The third-order valence-corrected chi connectivity index (χ3v) is 7.69. The molecular formula is C25H16BrCl4N11. The molecular weight excluding hydrogens is 676 g/mol. The lowest BCUT2D eigenvalue weighted by molar-refractivity contribution is 0.783. The van der Waals surface area contributed by atoms with Crippen molar-refractivity contribution in [2.75, 3.05) is 0 Å². The Bertz CT molecular complexity index is 2050. The molecule has 16 heteroatoms. The van der Waals surface area contributed by atoms with Gasteiger partial charge in [-0.2, -0.15) is 5.26 Å². The second kappa shape index (κ2) is 12.0. The maximum Gasteiger partial charge on any atom is 0.212 e. The number of aromatic amines is 2. The third-order valence-electron chi connectivity index (χ3n) is 5.90. The molecule has 0 saturated carbocycles. The number of benzene rings is 2. The van der Waals surface area contributed by atoms with Crippen LogP contribution in [0.5, 0.6) is 0 Å². The van der Waals surface area contributed by atoms with Crippen LogP contribution in [0, 0.1) is 22.1 Å². The Kier molecular flexibility index (Phi) is 8.44. The summed E-state index contributed by atoms with van der Waals surface area (Å²) >= 11 is 27.9. The maximum atomic E-state index is 8.92. The molecule has 0 atom stereocenters. The number of nitrogens with zero attached hydrogens (tertiary/aromatic N) is 7. The van der Waals surface area contributed by atoms with Crippen molar-refractivity contribution in [1.29, 1.82) is 16.1 Å². The lowest BCUT2D eigenvalue weighted by Crippen LogP contribution is -2.13. The van der Waals surface area contributed by atoms with Crippen molar-refractivity contribution in [3.05, 3.63) is 102 Å². The van der Waals surface area contributed by atoms with E-state index in [1.807, 2.05) is 6.07 Å². The highest BCUT2D eigenvalue weighted by Crippen LogP contribution is 2.27. The highest BCUT2D eigenvalue weighted by Gasteiger charge is 2.13. The van der Waals surface area contributed by atoms with Crippen molar-refractivity contribution in [1.82, 2.24) is 39.0 Å². The summed E-state index contributed by atoms with van der Waals surface area (Å²) in [6, 6.07) is 12.5. The van der Waals surface area contributed by atoms with Crippen LogP contribution < -0.4 is 11.0 Å². The molecule has 0 aliphatic rings. The zero-order chi connectivity index (χ0) is 29.3. The van der Waals surface area contributed by atoms with Crippen LogP contribution in [0.1, 0.15) is 17.0 Å². The van der Waals surface area contributed by atoms with Crippen LogP contribution in [0.25, 0.3) is 22.3 Å². The van der Waals surface area contributed by atoms with Gasteiger partial charge in [-0.05, 0) is 40.2 Å². The normalized spacial score (nSPS) is 10.9. The summed E-state index contributed by atoms with van der Waals surface area (Å²) in [5.41, 5.74) is 3.73. The molecule has 6 aromatic rings. The summed E-state index contributed by atoms with van der Waals surface area (Å²) in [7, 11) is 0. The number of rotatable bonds is 4. The minimum atomic E-state index is 0.0282. The lowest BCUT2D eigenvalue weighted by atomic mass is 10.2. The molecule has 0 radical (unpaired) electrons. The Morgan fingerprint density at radius 1 is 0.756 bits per heavy atom. The Morgan fingerprint density at radius 2 is 1.20 bits per heavy atom. The minimum absolute atomic E-state index is 0.0282. The van der Waals surface area contributed by atoms with E-state index in [1.165, 1.54) is 6.33 Å². The van der Waals surface area contributed by atoms with Crippen LogP contribution in [0.15, 0.2) is 53.8 Å². The molecule has 2 aromatic carbocycles. The topological polar surface area (TPSA) is 164 Å². The van der Waals surface area contributed by atoms with Crippen molar-refractivity contribution in [2.45, 2.75) is 13.1 Å². The number of nitriles is 1. The van der Waals surface area contributed by atoms with Crippen LogP contribution in [0.4, 0.5) is 0 Å². The summed E-state index contributed by atoms with van der Waals surface area (Å²) in [4.78, 5) is 22.2. The fourth-order valence-corrected chi connectivity index (χ4v) is 5.33. The van der Waals surface area contributed by atoms with Gasteiger partial charge in [0.05, 0.1) is 25.7 Å². The van der Waals surface area contributed by atoms with Crippen molar-refractivity contribution >= 4 is 84.7 Å². The highest BCUT2D eigenvalue weighted by atomic mass is 79.9. The summed E-state index contributed by atoms with van der Waals surface area (Å²) < 4.78 is 4.03. The number of halogens is 5. The molecule has 0 aliphatic carbocycles. The molecule has 206 valence electrons. The molecule has 0 fully saturated rings. The zero-order valence-corrected chi connectivity index (χ0v) is 25.2. The molecule has 4 heterocycles. The van der Waals surface area contributed by atoms with Gasteiger partial charge in [0.25, 0.3) is 0 Å². The van der Waals surface area contributed by atoms with Crippen LogP contribution in [-0.4, -0.2) is 39.0 Å². The quantitative estimate of drug-likeness (QED) is 0.171. The summed E-state index contributed by atoms with van der Waals surface area (Å²) in [5.74, 6) is 0.130. The number of imidazole rings is 2. The fourth-order valence-electron chi connectivity index (χ4n) is 3.93. The summed E-state index contributed by atoms with van der Waals surface area (Å²) in [6.45, 7) is 0.775. The van der Waals surface area contributed by atoms with Gasteiger partial charge in [-0.3, -0.25) is 10.8 Å². The molecule has 0 saturated heterocycles. The van der Waals surface area contributed by atoms with Gasteiger partial charge in [0.15, 0.2) is 27.0 Å². The van der Waals surface area contributed by atoms with E-state index < -0.39 is 0 Å². The van der Waals surface area contributed by atoms with Gasteiger partial charge in [-0.15, -0.1) is 0 Å². The average molecular weight is 692 g/mol. The Labute approximate surface area is 259 Å². The van der Waals surface area contributed by atoms with Crippen molar-refractivity contribution in [3.8, 4) is 6.07 Å². The van der Waals surface area contributed by atoms with Gasteiger partial charge < -0.3 is 19.1 Å². The molecule has 0 amide bonds. The van der Waals surface area contributed by atoms with Crippen LogP contribution >= 0.6 is 62.3 Å². The number of nitrogens with one attached hydrogen (secondary N) is 4. The van der Waals surface area contributed by atoms with E-state index in [0.29, 0.717) is 60.2 Å². The Morgan fingerprint density at radius 3 is 1.66 bits per heavy atom. The number of aromatic nitrogens is 8. The zero-order valence-electron chi connectivity index (χ0n) is 20.6. The van der Waals surface area contributed by atoms with Gasteiger partial charge in [-0.25, -0.2) is 19.9 Å². The van der Waals surface area contributed by atoms with Gasteiger partial charge in [-0.1, -0.05) is 58.5 Å². The van der Waals surface area contributed by atoms with E-state index in [0.717, 1.165) is 11.1 Å². The summed E-state index contributed by atoms with van der Waals surface area (Å²) in [6.07, 6.45) is 3.03. The first-order valence-electron chi connectivity index (χ1n) is 11.6. The maximum absolute atomic E-state index is 8.92. The summed E-state index contributed by atoms with van der Waals surface area (Å²) in [5, 5.41) is 26.7. The Balaban J connectivity index is 0.000000165. The van der Waals surface area contributed by atoms with E-state index in [4.69, 9.17) is 62.5 Å². The molecule has 4 aromatic heterocycles. The van der Waals surface area contributed by atoms with Crippen molar-refractivity contribution in [2.24, 2.45) is 0 Å². The van der Waals surface area contributed by atoms with E-state index in [-0.39, 0.29) is 16.8 Å². The first-order chi connectivity index (χ1) is 19.7. The SMILES string of the molecule is N#Cc1nc2c([nH]1)c(=N)ncn2Cc1c(Cl)cccc1Cl.N=c1ncn(Cc2c(Cl)cccc2Cl)c2nc(Br)[nH]c12. The molecule has 6 rings (SSSR count). The van der Waals surface area contributed by atoms with Gasteiger partial charge in [0.2, 0.25) is 5.82 Å². The average Bonchev–Trinajstić information content (AvgIpc) is 3.56. The van der Waals surface area contributed by atoms with E-state index in [2.05, 4.69) is 45.8 Å². The lowest BCUT2D eigenvalue weighted by Gasteiger charge is -2.10. The predicted molar refractivity (Wildman–Crippen MR) is 159 cm³/mol. The second-order valence-corrected chi connectivity index (χ2v) is 10.8.